The molecule has 0 atom stereocenters. The van der Waals surface area contributed by atoms with Gasteiger partial charge in [0.1, 0.15) is 12.0 Å². The third kappa shape index (κ3) is 3.36. The molecule has 6 nitrogen and oxygen atoms in total. The maximum Gasteiger partial charge on any atom is 0.306 e. The zero-order valence-corrected chi connectivity index (χ0v) is 17.3. The van der Waals surface area contributed by atoms with E-state index in [1.807, 2.05) is 41.1 Å². The van der Waals surface area contributed by atoms with Gasteiger partial charge in [0.25, 0.3) is 0 Å². The number of hydrogen-bond acceptors (Lipinski definition) is 6. The number of ether oxygens (including phenoxy) is 1. The average Bonchev–Trinajstić information content (AvgIpc) is 3.22. The molecule has 0 saturated heterocycles. The molecule has 3 heterocycles. The first kappa shape index (κ1) is 18.1. The Balaban J connectivity index is 0.00000182. The van der Waals surface area contributed by atoms with Crippen LogP contribution in [0.5, 0.6) is 5.75 Å². The van der Waals surface area contributed by atoms with Crippen LogP contribution in [0.25, 0.3) is 28.5 Å². The molecule has 1 aromatic carbocycles. The summed E-state index contributed by atoms with van der Waals surface area (Å²) in [7, 11) is 1.62. The van der Waals surface area contributed by atoms with Crippen molar-refractivity contribution < 1.29 is 41.9 Å². The second kappa shape index (κ2) is 7.68. The molecule has 0 spiro atoms. The van der Waals surface area contributed by atoms with Gasteiger partial charge in [-0.15, -0.1) is 17.7 Å². The number of nitrogens with zero attached hydrogens (tertiary/aromatic N) is 4. The summed E-state index contributed by atoms with van der Waals surface area (Å²) in [4.78, 5) is 13.5. The first-order valence-corrected chi connectivity index (χ1v) is 8.41. The van der Waals surface area contributed by atoms with Crippen LogP contribution in [0, 0.1) is 6.07 Å². The standard InChI is InChI=1S/C17H13N4O2S.Y/c1-22-12-5-3-4-11(10-12)14-15(21-8-9-23-17(21)20-14)13-6-7-18-16(19-13)24-2;/h3-4,6-10H,1-2H3;/q-1;. The summed E-state index contributed by atoms with van der Waals surface area (Å²) in [5.41, 5.74) is 3.31. The van der Waals surface area contributed by atoms with Gasteiger partial charge < -0.3 is 9.15 Å². The van der Waals surface area contributed by atoms with Crippen molar-refractivity contribution in [1.29, 1.82) is 0 Å². The Hall–Kier alpha value is -1.70. The fourth-order valence-corrected chi connectivity index (χ4v) is 2.87. The number of aromatic nitrogens is 4. The molecule has 0 aliphatic heterocycles. The van der Waals surface area contributed by atoms with Crippen molar-refractivity contribution in [2.45, 2.75) is 5.16 Å². The molecule has 0 N–H and O–H groups in total. The number of benzene rings is 1. The second-order valence-electron chi connectivity index (χ2n) is 4.94. The first-order chi connectivity index (χ1) is 11.8. The summed E-state index contributed by atoms with van der Waals surface area (Å²) in [5, 5.41) is 0.705. The smallest absolute Gasteiger partial charge is 0.306 e. The van der Waals surface area contributed by atoms with E-state index in [0.717, 1.165) is 22.6 Å². The van der Waals surface area contributed by atoms with Crippen LogP contribution < -0.4 is 4.74 Å². The Labute approximate surface area is 173 Å². The van der Waals surface area contributed by atoms with Crippen molar-refractivity contribution >= 4 is 17.6 Å². The molecule has 4 rings (SSSR count). The molecular weight excluding hydrogens is 413 g/mol. The third-order valence-corrected chi connectivity index (χ3v) is 4.15. The van der Waals surface area contributed by atoms with E-state index in [9.17, 15) is 0 Å². The maximum absolute atomic E-state index is 5.46. The van der Waals surface area contributed by atoms with Crippen LogP contribution in [0.3, 0.4) is 0 Å². The van der Waals surface area contributed by atoms with E-state index in [-0.39, 0.29) is 32.7 Å². The quantitative estimate of drug-likeness (QED) is 0.282. The minimum atomic E-state index is 0. The Morgan fingerprint density at radius 3 is 2.96 bits per heavy atom. The fourth-order valence-electron chi connectivity index (χ4n) is 2.51. The molecule has 0 aliphatic carbocycles. The van der Waals surface area contributed by atoms with Crippen LogP contribution in [-0.2, 0) is 32.7 Å². The van der Waals surface area contributed by atoms with Crippen molar-refractivity contribution in [3.63, 3.8) is 0 Å². The number of fused-ring (bicyclic) bond motifs is 1. The predicted octanol–water partition coefficient (Wildman–Crippen LogP) is 3.58. The van der Waals surface area contributed by atoms with Crippen LogP contribution in [0.2, 0.25) is 0 Å². The Bertz CT molecular complexity index is 1010. The normalized spacial score (nSPS) is 10.6. The van der Waals surface area contributed by atoms with Gasteiger partial charge >= 0.3 is 5.84 Å². The van der Waals surface area contributed by atoms with Crippen molar-refractivity contribution in [3.05, 3.63) is 49.0 Å². The third-order valence-electron chi connectivity index (χ3n) is 3.59. The van der Waals surface area contributed by atoms with E-state index in [2.05, 4.69) is 21.0 Å². The molecule has 0 bridgehead atoms. The number of rotatable bonds is 4. The van der Waals surface area contributed by atoms with Gasteiger partial charge in [0.15, 0.2) is 5.16 Å². The summed E-state index contributed by atoms with van der Waals surface area (Å²) in [6.07, 6.45) is 7.12. The van der Waals surface area contributed by atoms with Crippen LogP contribution in [0.4, 0.5) is 0 Å². The summed E-state index contributed by atoms with van der Waals surface area (Å²) in [5.74, 6) is 1.16. The van der Waals surface area contributed by atoms with Crippen molar-refractivity contribution in [2.75, 3.05) is 13.4 Å². The minimum Gasteiger partial charge on any atom is -0.523 e. The molecule has 1 radical (unpaired) electrons. The average molecular weight is 426 g/mol. The van der Waals surface area contributed by atoms with Gasteiger partial charge in [-0.1, -0.05) is 11.8 Å². The zero-order valence-electron chi connectivity index (χ0n) is 13.6. The number of oxazole rings is 1. The number of methoxy groups -OCH3 is 1. The molecule has 25 heavy (non-hydrogen) atoms. The minimum absolute atomic E-state index is 0. The second-order valence-corrected chi connectivity index (χ2v) is 5.71. The number of hydrogen-bond donors (Lipinski definition) is 0. The van der Waals surface area contributed by atoms with E-state index in [4.69, 9.17) is 9.15 Å². The van der Waals surface area contributed by atoms with E-state index in [0.29, 0.717) is 16.7 Å². The molecule has 3 aromatic heterocycles. The number of imidazole rings is 1. The maximum atomic E-state index is 5.46. The summed E-state index contributed by atoms with van der Waals surface area (Å²) < 4.78 is 12.6. The first-order valence-electron chi connectivity index (χ1n) is 7.19. The SMILES string of the molecule is COc1[c-]ccc(-c2nc3occn3c2-c2ccnc(SC)n2)c1.[Y]. The monoisotopic (exact) mass is 426 g/mol. The fraction of sp³-hybridized carbons (Fsp3) is 0.118. The van der Waals surface area contributed by atoms with E-state index < -0.39 is 0 Å². The molecule has 0 unspecified atom stereocenters. The Morgan fingerprint density at radius 1 is 1.28 bits per heavy atom. The van der Waals surface area contributed by atoms with Crippen LogP contribution in [0.15, 0.2) is 52.5 Å². The van der Waals surface area contributed by atoms with Crippen molar-refractivity contribution in [3.8, 4) is 28.4 Å². The van der Waals surface area contributed by atoms with Gasteiger partial charge in [0.05, 0.1) is 18.5 Å². The van der Waals surface area contributed by atoms with Crippen LogP contribution in [-0.4, -0.2) is 32.7 Å². The molecule has 123 valence electrons. The molecule has 8 heteroatoms. The van der Waals surface area contributed by atoms with Gasteiger partial charge in [-0.25, -0.2) is 9.97 Å². The molecule has 0 fully saturated rings. The molecule has 0 aliphatic rings. The zero-order chi connectivity index (χ0) is 16.5. The summed E-state index contributed by atoms with van der Waals surface area (Å²) in [6.45, 7) is 0. The van der Waals surface area contributed by atoms with E-state index in [1.54, 1.807) is 19.6 Å². The summed E-state index contributed by atoms with van der Waals surface area (Å²) >= 11 is 1.50. The molecule has 0 saturated carbocycles. The van der Waals surface area contributed by atoms with Crippen LogP contribution in [0.1, 0.15) is 0 Å². The largest absolute Gasteiger partial charge is 0.523 e. The van der Waals surface area contributed by atoms with Gasteiger partial charge in [0.2, 0.25) is 0 Å². The van der Waals surface area contributed by atoms with E-state index in [1.165, 1.54) is 11.8 Å². The van der Waals surface area contributed by atoms with Gasteiger partial charge in [0, 0.05) is 50.9 Å². The summed E-state index contributed by atoms with van der Waals surface area (Å²) in [6, 6.07) is 10.5. The number of thioether (sulfide) groups is 1. The van der Waals surface area contributed by atoms with Gasteiger partial charge in [-0.2, -0.15) is 17.1 Å². The van der Waals surface area contributed by atoms with Crippen molar-refractivity contribution in [2.24, 2.45) is 0 Å². The van der Waals surface area contributed by atoms with Crippen LogP contribution >= 0.6 is 11.8 Å². The van der Waals surface area contributed by atoms with Gasteiger partial charge in [-0.05, 0) is 12.3 Å². The Morgan fingerprint density at radius 2 is 2.16 bits per heavy atom. The Kier molecular flexibility index (Phi) is 5.56. The molecular formula is C17H13N4O2SY-. The van der Waals surface area contributed by atoms with E-state index >= 15 is 0 Å². The topological polar surface area (TPSA) is 65.5 Å². The molecule has 4 aromatic rings. The predicted molar refractivity (Wildman–Crippen MR) is 91.1 cm³/mol. The van der Waals surface area contributed by atoms with Gasteiger partial charge in [-0.3, -0.25) is 4.40 Å². The van der Waals surface area contributed by atoms with Crippen molar-refractivity contribution in [1.82, 2.24) is 19.4 Å². The molecule has 0 amide bonds.